The van der Waals surface area contributed by atoms with Crippen LogP contribution in [-0.4, -0.2) is 19.8 Å². The number of hydrogen-bond acceptors (Lipinski definition) is 1. The first-order chi connectivity index (χ1) is 3.98. The molecule has 0 aliphatic rings. The van der Waals surface area contributed by atoms with Crippen LogP contribution in [0.3, 0.4) is 0 Å². The molecule has 0 aromatic rings. The van der Waals surface area contributed by atoms with Gasteiger partial charge in [-0.05, 0) is 6.42 Å². The van der Waals surface area contributed by atoms with E-state index in [9.17, 15) is 0 Å². The van der Waals surface area contributed by atoms with E-state index in [1.165, 1.54) is 0 Å². The van der Waals surface area contributed by atoms with Gasteiger partial charge in [-0.25, -0.2) is 0 Å². The van der Waals surface area contributed by atoms with Gasteiger partial charge in [-0.1, -0.05) is 54.7 Å². The van der Waals surface area contributed by atoms with Crippen molar-refractivity contribution < 1.29 is 5.11 Å². The van der Waals surface area contributed by atoms with E-state index in [1.54, 1.807) is 0 Å². The number of alkyl halides is 3. The maximum Gasteiger partial charge on any atom is 0.104 e. The highest BCUT2D eigenvalue weighted by Gasteiger charge is 2.22. The zero-order chi connectivity index (χ0) is 7.49. The highest BCUT2D eigenvalue weighted by molar-refractivity contribution is 9.25. The van der Waals surface area contributed by atoms with Crippen molar-refractivity contribution in [2.75, 3.05) is 6.61 Å². The Morgan fingerprint density at radius 2 is 2.00 bits per heavy atom. The first kappa shape index (κ1) is 10.4. The van der Waals surface area contributed by atoms with Gasteiger partial charge in [-0.2, -0.15) is 0 Å². The van der Waals surface area contributed by atoms with Gasteiger partial charge in [0.1, 0.15) is 3.23 Å². The summed E-state index contributed by atoms with van der Waals surface area (Å²) in [6.07, 6.45) is 0.851. The quantitative estimate of drug-likeness (QED) is 0.791. The van der Waals surface area contributed by atoms with Crippen LogP contribution in [0.5, 0.6) is 0 Å². The van der Waals surface area contributed by atoms with Crippen LogP contribution in [0.2, 0.25) is 0 Å². The van der Waals surface area contributed by atoms with Crippen molar-refractivity contribution in [3.05, 3.63) is 0 Å². The Bertz CT molecular complexity index is 82.3. The molecule has 1 unspecified atom stereocenters. The van der Waals surface area contributed by atoms with Gasteiger partial charge in [0, 0.05) is 4.83 Å². The number of halogens is 3. The molecule has 0 aliphatic heterocycles. The Balaban J connectivity index is 3.58. The Labute approximate surface area is 80.6 Å². The van der Waals surface area contributed by atoms with Crippen molar-refractivity contribution >= 4 is 47.8 Å². The van der Waals surface area contributed by atoms with Crippen LogP contribution < -0.4 is 0 Å². The van der Waals surface area contributed by atoms with E-state index in [1.807, 2.05) is 6.92 Å². The van der Waals surface area contributed by atoms with Gasteiger partial charge in [-0.3, -0.25) is 0 Å². The van der Waals surface area contributed by atoms with E-state index >= 15 is 0 Å². The van der Waals surface area contributed by atoms with Gasteiger partial charge in [0.25, 0.3) is 0 Å². The second-order valence-electron chi connectivity index (χ2n) is 2.00. The summed E-state index contributed by atoms with van der Waals surface area (Å²) >= 11 is 10.0. The molecule has 0 radical (unpaired) electrons. The van der Waals surface area contributed by atoms with E-state index < -0.39 is 0 Å². The molecule has 0 rings (SSSR count). The maximum absolute atomic E-state index is 8.73. The van der Waals surface area contributed by atoms with Crippen LogP contribution in [0.15, 0.2) is 0 Å². The molecule has 9 heavy (non-hydrogen) atoms. The first-order valence-electron chi connectivity index (χ1n) is 2.61. The van der Waals surface area contributed by atoms with Gasteiger partial charge in [0.2, 0.25) is 0 Å². The summed E-state index contributed by atoms with van der Waals surface area (Å²) in [4.78, 5) is 0.406. The molecule has 0 spiro atoms. The standard InChI is InChI=1S/C5H9Br3O/c1-4(6)2-5(7,8)3-9/h4,9H,2-3H2,1H3. The third-order valence-corrected chi connectivity index (χ3v) is 2.28. The molecular weight excluding hydrogens is 316 g/mol. The fourth-order valence-electron chi connectivity index (χ4n) is 0.476. The average molecular weight is 325 g/mol. The summed E-state index contributed by atoms with van der Waals surface area (Å²) in [5.74, 6) is 0. The second kappa shape index (κ2) is 4.31. The van der Waals surface area contributed by atoms with Crippen LogP contribution in [0.25, 0.3) is 0 Å². The molecule has 0 saturated carbocycles. The van der Waals surface area contributed by atoms with Crippen LogP contribution in [0.4, 0.5) is 0 Å². The number of rotatable bonds is 3. The van der Waals surface area contributed by atoms with Crippen molar-refractivity contribution in [1.82, 2.24) is 0 Å². The molecule has 1 atom stereocenters. The predicted octanol–water partition coefficient (Wildman–Crippen LogP) is 2.64. The summed E-state index contributed by atoms with van der Waals surface area (Å²) in [6, 6.07) is 0. The molecule has 1 N–H and O–H groups in total. The summed E-state index contributed by atoms with van der Waals surface area (Å²) in [5.41, 5.74) is 0. The predicted molar refractivity (Wildman–Crippen MR) is 50.7 cm³/mol. The van der Waals surface area contributed by atoms with Gasteiger partial charge in [0.05, 0.1) is 6.61 Å². The Hall–Kier alpha value is 1.40. The van der Waals surface area contributed by atoms with E-state index in [2.05, 4.69) is 47.8 Å². The number of hydrogen-bond donors (Lipinski definition) is 1. The largest absolute Gasteiger partial charge is 0.394 e. The molecule has 0 aromatic carbocycles. The molecule has 56 valence electrons. The highest BCUT2D eigenvalue weighted by atomic mass is 79.9. The summed E-state index contributed by atoms with van der Waals surface area (Å²) in [7, 11) is 0. The number of aliphatic hydroxyl groups is 1. The van der Waals surface area contributed by atoms with Crippen molar-refractivity contribution in [1.29, 1.82) is 0 Å². The Morgan fingerprint density at radius 1 is 1.56 bits per heavy atom. The average Bonchev–Trinajstić information content (AvgIpc) is 1.63. The van der Waals surface area contributed by atoms with Gasteiger partial charge in [0.15, 0.2) is 0 Å². The molecule has 4 heteroatoms. The topological polar surface area (TPSA) is 20.2 Å². The van der Waals surface area contributed by atoms with Crippen molar-refractivity contribution in [2.45, 2.75) is 21.4 Å². The summed E-state index contributed by atoms with van der Waals surface area (Å²) < 4.78 is -0.303. The lowest BCUT2D eigenvalue weighted by Gasteiger charge is -2.17. The lowest BCUT2D eigenvalue weighted by atomic mass is 10.3. The van der Waals surface area contributed by atoms with Gasteiger partial charge in [-0.15, -0.1) is 0 Å². The molecule has 0 aliphatic carbocycles. The van der Waals surface area contributed by atoms with Crippen molar-refractivity contribution in [2.24, 2.45) is 0 Å². The van der Waals surface area contributed by atoms with Gasteiger partial charge >= 0.3 is 0 Å². The smallest absolute Gasteiger partial charge is 0.104 e. The van der Waals surface area contributed by atoms with E-state index in [-0.39, 0.29) is 9.84 Å². The van der Waals surface area contributed by atoms with Crippen LogP contribution in [0, 0.1) is 0 Å². The van der Waals surface area contributed by atoms with E-state index in [0.29, 0.717) is 4.83 Å². The third kappa shape index (κ3) is 5.83. The molecule has 0 heterocycles. The van der Waals surface area contributed by atoms with Crippen LogP contribution in [0.1, 0.15) is 13.3 Å². The molecule has 0 saturated heterocycles. The Morgan fingerprint density at radius 3 is 2.11 bits per heavy atom. The van der Waals surface area contributed by atoms with E-state index in [4.69, 9.17) is 5.11 Å². The molecule has 0 bridgehead atoms. The monoisotopic (exact) mass is 322 g/mol. The zero-order valence-electron chi connectivity index (χ0n) is 5.07. The normalized spacial score (nSPS) is 15.7. The molecule has 1 nitrogen and oxygen atoms in total. The maximum atomic E-state index is 8.73. The highest BCUT2D eigenvalue weighted by Crippen LogP contribution is 2.32. The van der Waals surface area contributed by atoms with E-state index in [0.717, 1.165) is 6.42 Å². The first-order valence-corrected chi connectivity index (χ1v) is 5.11. The minimum atomic E-state index is -0.303. The summed E-state index contributed by atoms with van der Waals surface area (Å²) in [5, 5.41) is 8.73. The van der Waals surface area contributed by atoms with Crippen LogP contribution >= 0.6 is 47.8 Å². The minimum absolute atomic E-state index is 0.100. The zero-order valence-corrected chi connectivity index (χ0v) is 9.83. The SMILES string of the molecule is CC(Br)CC(Br)(Br)CO. The summed E-state index contributed by atoms with van der Waals surface area (Å²) in [6.45, 7) is 2.13. The fraction of sp³-hybridized carbons (Fsp3) is 1.00. The van der Waals surface area contributed by atoms with Gasteiger partial charge < -0.3 is 5.11 Å². The van der Waals surface area contributed by atoms with Crippen molar-refractivity contribution in [3.8, 4) is 0 Å². The van der Waals surface area contributed by atoms with Crippen molar-refractivity contribution in [3.63, 3.8) is 0 Å². The Kier molecular flexibility index (Phi) is 4.98. The number of aliphatic hydroxyl groups excluding tert-OH is 1. The fourth-order valence-corrected chi connectivity index (χ4v) is 2.87. The minimum Gasteiger partial charge on any atom is -0.394 e. The lowest BCUT2D eigenvalue weighted by molar-refractivity contribution is 0.284. The molecular formula is C5H9Br3O. The third-order valence-electron chi connectivity index (χ3n) is 0.811. The molecule has 0 amide bonds. The second-order valence-corrected chi connectivity index (χ2v) is 7.66. The molecule has 0 fully saturated rings. The lowest BCUT2D eigenvalue weighted by Crippen LogP contribution is -2.20. The van der Waals surface area contributed by atoms with Crippen LogP contribution in [-0.2, 0) is 0 Å². The molecule has 0 aromatic heterocycles.